The van der Waals surface area contributed by atoms with Gasteiger partial charge < -0.3 is 4.74 Å². The molecule has 0 saturated carbocycles. The zero-order chi connectivity index (χ0) is 11.3. The minimum absolute atomic E-state index is 0.224. The van der Waals surface area contributed by atoms with Crippen molar-refractivity contribution < 1.29 is 4.74 Å². The second-order valence-electron chi connectivity index (χ2n) is 4.70. The van der Waals surface area contributed by atoms with Gasteiger partial charge in [-0.3, -0.25) is 0 Å². The van der Waals surface area contributed by atoms with Gasteiger partial charge in [0, 0.05) is 0 Å². The maximum atomic E-state index is 5.44. The standard InChI is InChI=1S/C14H20O/c1-5-15-13-8-6-7-12(11-13)9-10-14(2,3)4/h6-11H,5H2,1-4H3/b10-9+. The molecule has 0 heterocycles. The summed E-state index contributed by atoms with van der Waals surface area (Å²) in [7, 11) is 0. The molecule has 1 aromatic carbocycles. The highest BCUT2D eigenvalue weighted by Gasteiger charge is 2.03. The molecule has 0 radical (unpaired) electrons. The van der Waals surface area contributed by atoms with Crippen LogP contribution in [0.25, 0.3) is 6.08 Å². The van der Waals surface area contributed by atoms with Gasteiger partial charge in [0.05, 0.1) is 6.61 Å². The molecule has 0 fully saturated rings. The fourth-order valence-electron chi connectivity index (χ4n) is 1.22. The largest absolute Gasteiger partial charge is 0.494 e. The van der Waals surface area contributed by atoms with Crippen LogP contribution >= 0.6 is 0 Å². The topological polar surface area (TPSA) is 9.23 Å². The van der Waals surface area contributed by atoms with Crippen LogP contribution in [0.3, 0.4) is 0 Å². The molecule has 1 rings (SSSR count). The minimum atomic E-state index is 0.224. The zero-order valence-electron chi connectivity index (χ0n) is 10.1. The van der Waals surface area contributed by atoms with E-state index in [1.807, 2.05) is 19.1 Å². The number of benzene rings is 1. The number of ether oxygens (including phenoxy) is 1. The third-order valence-corrected chi connectivity index (χ3v) is 1.94. The smallest absolute Gasteiger partial charge is 0.119 e. The van der Waals surface area contributed by atoms with E-state index in [0.717, 1.165) is 5.75 Å². The quantitative estimate of drug-likeness (QED) is 0.719. The molecule has 0 aliphatic heterocycles. The fraction of sp³-hybridized carbons (Fsp3) is 0.429. The van der Waals surface area contributed by atoms with Crippen LogP contribution in [0.5, 0.6) is 5.75 Å². The van der Waals surface area contributed by atoms with Crippen LogP contribution in [0.2, 0.25) is 0 Å². The maximum absolute atomic E-state index is 5.44. The number of allylic oxidation sites excluding steroid dienone is 1. The Balaban J connectivity index is 2.78. The molecule has 0 aliphatic rings. The third kappa shape index (κ3) is 4.68. The van der Waals surface area contributed by atoms with Gasteiger partial charge in [0.1, 0.15) is 5.75 Å². The van der Waals surface area contributed by atoms with Crippen LogP contribution in [-0.4, -0.2) is 6.61 Å². The average Bonchev–Trinajstić information content (AvgIpc) is 2.15. The summed E-state index contributed by atoms with van der Waals surface area (Å²) < 4.78 is 5.44. The molecule has 1 heteroatoms. The summed E-state index contributed by atoms with van der Waals surface area (Å²) in [6, 6.07) is 8.15. The van der Waals surface area contributed by atoms with Crippen molar-refractivity contribution in [2.75, 3.05) is 6.61 Å². The number of rotatable bonds is 3. The van der Waals surface area contributed by atoms with Gasteiger partial charge in [0.2, 0.25) is 0 Å². The third-order valence-electron chi connectivity index (χ3n) is 1.94. The summed E-state index contributed by atoms with van der Waals surface area (Å²) in [6.07, 6.45) is 4.35. The van der Waals surface area contributed by atoms with Crippen LogP contribution in [0.4, 0.5) is 0 Å². The second kappa shape index (κ2) is 5.01. The van der Waals surface area contributed by atoms with Crippen molar-refractivity contribution in [3.63, 3.8) is 0 Å². The summed E-state index contributed by atoms with van der Waals surface area (Å²) in [6.45, 7) is 9.28. The van der Waals surface area contributed by atoms with Gasteiger partial charge in [0.25, 0.3) is 0 Å². The summed E-state index contributed by atoms with van der Waals surface area (Å²) in [5, 5.41) is 0. The molecule has 0 spiro atoms. The normalized spacial score (nSPS) is 12.0. The van der Waals surface area contributed by atoms with Gasteiger partial charge in [-0.1, -0.05) is 45.1 Å². The van der Waals surface area contributed by atoms with Gasteiger partial charge in [-0.15, -0.1) is 0 Å². The Kier molecular flexibility index (Phi) is 3.96. The van der Waals surface area contributed by atoms with E-state index in [0.29, 0.717) is 6.61 Å². The van der Waals surface area contributed by atoms with E-state index in [2.05, 4.69) is 45.1 Å². The van der Waals surface area contributed by atoms with E-state index >= 15 is 0 Å². The lowest BCUT2D eigenvalue weighted by molar-refractivity contribution is 0.340. The Hall–Kier alpha value is -1.24. The van der Waals surface area contributed by atoms with Gasteiger partial charge in [-0.25, -0.2) is 0 Å². The van der Waals surface area contributed by atoms with Crippen molar-refractivity contribution in [1.82, 2.24) is 0 Å². The lowest BCUT2D eigenvalue weighted by Gasteiger charge is -2.11. The molecule has 0 N–H and O–H groups in total. The molecular formula is C14H20O. The van der Waals surface area contributed by atoms with Gasteiger partial charge in [-0.05, 0) is 30.0 Å². The van der Waals surface area contributed by atoms with Crippen LogP contribution in [-0.2, 0) is 0 Å². The van der Waals surface area contributed by atoms with E-state index in [1.54, 1.807) is 0 Å². The fourth-order valence-corrected chi connectivity index (χ4v) is 1.22. The van der Waals surface area contributed by atoms with Crippen molar-refractivity contribution in [2.24, 2.45) is 5.41 Å². The highest BCUT2D eigenvalue weighted by molar-refractivity contribution is 5.52. The SMILES string of the molecule is CCOc1cccc(/C=C/C(C)(C)C)c1. The van der Waals surface area contributed by atoms with E-state index in [-0.39, 0.29) is 5.41 Å². The zero-order valence-corrected chi connectivity index (χ0v) is 10.1. The molecule has 1 nitrogen and oxygen atoms in total. The second-order valence-corrected chi connectivity index (χ2v) is 4.70. The molecule has 0 bridgehead atoms. The summed E-state index contributed by atoms with van der Waals surface area (Å²) >= 11 is 0. The Morgan fingerprint density at radius 2 is 2.00 bits per heavy atom. The molecule has 15 heavy (non-hydrogen) atoms. The maximum Gasteiger partial charge on any atom is 0.119 e. The first-order valence-electron chi connectivity index (χ1n) is 5.43. The first-order chi connectivity index (χ1) is 7.01. The molecule has 0 aliphatic carbocycles. The summed E-state index contributed by atoms with van der Waals surface area (Å²) in [5.41, 5.74) is 1.41. The molecular weight excluding hydrogens is 184 g/mol. The van der Waals surface area contributed by atoms with E-state index < -0.39 is 0 Å². The van der Waals surface area contributed by atoms with Gasteiger partial charge in [-0.2, -0.15) is 0 Å². The molecule has 0 aromatic heterocycles. The highest BCUT2D eigenvalue weighted by atomic mass is 16.5. The van der Waals surface area contributed by atoms with Crippen LogP contribution in [0.1, 0.15) is 33.3 Å². The molecule has 0 unspecified atom stereocenters. The summed E-state index contributed by atoms with van der Waals surface area (Å²) in [4.78, 5) is 0. The molecule has 82 valence electrons. The Bertz CT molecular complexity index is 331. The first kappa shape index (κ1) is 11.8. The van der Waals surface area contributed by atoms with Crippen molar-refractivity contribution in [1.29, 1.82) is 0 Å². The minimum Gasteiger partial charge on any atom is -0.494 e. The first-order valence-corrected chi connectivity index (χ1v) is 5.43. The Labute approximate surface area is 92.8 Å². The Morgan fingerprint density at radius 3 is 2.60 bits per heavy atom. The van der Waals surface area contributed by atoms with E-state index in [9.17, 15) is 0 Å². The van der Waals surface area contributed by atoms with Crippen molar-refractivity contribution >= 4 is 6.08 Å². The summed E-state index contributed by atoms with van der Waals surface area (Å²) in [5.74, 6) is 0.938. The lowest BCUT2D eigenvalue weighted by atomic mass is 9.95. The van der Waals surface area contributed by atoms with Crippen LogP contribution in [0, 0.1) is 5.41 Å². The van der Waals surface area contributed by atoms with Crippen LogP contribution in [0.15, 0.2) is 30.3 Å². The average molecular weight is 204 g/mol. The monoisotopic (exact) mass is 204 g/mol. The number of hydrogen-bond acceptors (Lipinski definition) is 1. The highest BCUT2D eigenvalue weighted by Crippen LogP contribution is 2.19. The van der Waals surface area contributed by atoms with Crippen molar-refractivity contribution in [3.05, 3.63) is 35.9 Å². The van der Waals surface area contributed by atoms with Crippen molar-refractivity contribution in [3.8, 4) is 5.75 Å². The predicted molar refractivity (Wildman–Crippen MR) is 66.1 cm³/mol. The van der Waals surface area contributed by atoms with E-state index in [4.69, 9.17) is 4.74 Å². The van der Waals surface area contributed by atoms with E-state index in [1.165, 1.54) is 5.56 Å². The van der Waals surface area contributed by atoms with Gasteiger partial charge >= 0.3 is 0 Å². The Morgan fingerprint density at radius 1 is 1.27 bits per heavy atom. The molecule has 1 aromatic rings. The lowest BCUT2D eigenvalue weighted by Crippen LogP contribution is -1.98. The van der Waals surface area contributed by atoms with Crippen molar-refractivity contribution in [2.45, 2.75) is 27.7 Å². The van der Waals surface area contributed by atoms with Crippen LogP contribution < -0.4 is 4.74 Å². The van der Waals surface area contributed by atoms with Gasteiger partial charge in [0.15, 0.2) is 0 Å². The molecule has 0 saturated heterocycles. The molecule has 0 atom stereocenters. The molecule has 0 amide bonds. The number of hydrogen-bond donors (Lipinski definition) is 0. The predicted octanol–water partition coefficient (Wildman–Crippen LogP) is 4.14.